The lowest BCUT2D eigenvalue weighted by atomic mass is 9.90. The lowest BCUT2D eigenvalue weighted by Crippen LogP contribution is -2.11. The summed E-state index contributed by atoms with van der Waals surface area (Å²) in [6.07, 6.45) is 1.31. The fourth-order valence-corrected chi connectivity index (χ4v) is 4.76. The van der Waals surface area contributed by atoms with Crippen LogP contribution in [0.1, 0.15) is 55.5 Å². The highest BCUT2D eigenvalue weighted by atomic mass is 16.6. The Balaban J connectivity index is 1.73. The molecule has 0 N–H and O–H groups in total. The molecule has 0 amide bonds. The molecule has 210 valence electrons. The predicted molar refractivity (Wildman–Crippen MR) is 160 cm³/mol. The van der Waals surface area contributed by atoms with Crippen molar-refractivity contribution in [2.75, 3.05) is 0 Å². The van der Waals surface area contributed by atoms with Crippen molar-refractivity contribution >= 4 is 17.9 Å². The Morgan fingerprint density at radius 2 is 1.32 bits per heavy atom. The summed E-state index contributed by atoms with van der Waals surface area (Å²) in [5.74, 6) is -1.05. The quantitative estimate of drug-likeness (QED) is 0.162. The highest BCUT2D eigenvalue weighted by Crippen LogP contribution is 2.41. The molecule has 0 aromatic heterocycles. The van der Waals surface area contributed by atoms with Crippen molar-refractivity contribution in [3.05, 3.63) is 107 Å². The van der Waals surface area contributed by atoms with Gasteiger partial charge in [0, 0.05) is 28.3 Å². The minimum absolute atomic E-state index is 0.234. The molecule has 3 aromatic carbocycles. The molecule has 3 aromatic rings. The Labute approximate surface area is 241 Å². The Kier molecular flexibility index (Phi) is 8.43. The van der Waals surface area contributed by atoms with Crippen LogP contribution >= 0.6 is 0 Å². The van der Waals surface area contributed by atoms with Crippen molar-refractivity contribution in [3.63, 3.8) is 0 Å². The van der Waals surface area contributed by atoms with E-state index in [9.17, 15) is 14.4 Å². The molecule has 0 spiro atoms. The van der Waals surface area contributed by atoms with Crippen LogP contribution in [0.15, 0.2) is 85.0 Å². The van der Waals surface area contributed by atoms with Gasteiger partial charge in [-0.1, -0.05) is 44.0 Å². The Bertz CT molecular complexity index is 1620. The van der Waals surface area contributed by atoms with Gasteiger partial charge in [0.05, 0.1) is 0 Å². The van der Waals surface area contributed by atoms with E-state index in [1.807, 2.05) is 19.9 Å². The van der Waals surface area contributed by atoms with E-state index < -0.39 is 11.9 Å². The fourth-order valence-electron chi connectivity index (χ4n) is 4.76. The molecule has 0 radical (unpaired) electrons. The minimum Gasteiger partial charge on any atom is -0.454 e. The van der Waals surface area contributed by atoms with E-state index in [1.165, 1.54) is 11.6 Å². The molecule has 41 heavy (non-hydrogen) atoms. The van der Waals surface area contributed by atoms with Gasteiger partial charge >= 0.3 is 17.9 Å². The predicted octanol–water partition coefficient (Wildman–Crippen LogP) is 7.71. The summed E-state index contributed by atoms with van der Waals surface area (Å²) in [6.45, 7) is 19.8. The zero-order chi connectivity index (χ0) is 30.0. The minimum atomic E-state index is -0.583. The molecule has 6 nitrogen and oxygen atoms in total. The first-order chi connectivity index (χ1) is 19.3. The maximum atomic E-state index is 12.5. The third kappa shape index (κ3) is 6.38. The second-order valence-electron chi connectivity index (χ2n) is 10.6. The molecular weight excluding hydrogens is 516 g/mol. The first-order valence-corrected chi connectivity index (χ1v) is 13.4. The summed E-state index contributed by atoms with van der Waals surface area (Å²) in [7, 11) is 0. The molecule has 1 atom stereocenters. The third-order valence-corrected chi connectivity index (χ3v) is 7.00. The molecule has 6 heteroatoms. The first-order valence-electron chi connectivity index (χ1n) is 13.4. The number of carbonyl (C=O) groups excluding carboxylic acids is 3. The lowest BCUT2D eigenvalue weighted by Gasteiger charge is -2.18. The van der Waals surface area contributed by atoms with Crippen LogP contribution in [0, 0.1) is 13.8 Å². The van der Waals surface area contributed by atoms with E-state index in [0.29, 0.717) is 11.1 Å². The maximum absolute atomic E-state index is 12.5. The fraction of sp³-hybridized carbons (Fsp3) is 0.229. The SMILES string of the molecule is C=C(C)C(=O)Oc1ccc(-c2cc(C)c(-c3ccc4c(c3)C(OC(=O)C(=C)C)CC4)cc2C)c(OC(=O)C(=C)C)c1. The summed E-state index contributed by atoms with van der Waals surface area (Å²) < 4.78 is 16.7. The summed E-state index contributed by atoms with van der Waals surface area (Å²) in [6, 6.07) is 15.4. The monoisotopic (exact) mass is 550 g/mol. The normalized spacial score (nSPS) is 13.6. The van der Waals surface area contributed by atoms with Gasteiger partial charge in [0.25, 0.3) is 0 Å². The molecule has 1 unspecified atom stereocenters. The highest BCUT2D eigenvalue weighted by molar-refractivity contribution is 5.92. The summed E-state index contributed by atoms with van der Waals surface area (Å²) in [5.41, 5.74) is 8.63. The van der Waals surface area contributed by atoms with Gasteiger partial charge in [-0.2, -0.15) is 0 Å². The second kappa shape index (κ2) is 11.8. The van der Waals surface area contributed by atoms with Crippen LogP contribution in [0.2, 0.25) is 0 Å². The van der Waals surface area contributed by atoms with E-state index >= 15 is 0 Å². The average molecular weight is 551 g/mol. The number of esters is 3. The number of hydrogen-bond donors (Lipinski definition) is 0. The summed E-state index contributed by atoms with van der Waals surface area (Å²) >= 11 is 0. The lowest BCUT2D eigenvalue weighted by molar-refractivity contribution is -0.144. The average Bonchev–Trinajstić information content (AvgIpc) is 3.31. The van der Waals surface area contributed by atoms with Gasteiger partial charge in [-0.3, -0.25) is 0 Å². The molecule has 4 rings (SSSR count). The van der Waals surface area contributed by atoms with E-state index in [1.54, 1.807) is 32.9 Å². The largest absolute Gasteiger partial charge is 0.454 e. The second-order valence-corrected chi connectivity index (χ2v) is 10.6. The molecule has 0 bridgehead atoms. The van der Waals surface area contributed by atoms with Crippen molar-refractivity contribution in [2.45, 2.75) is 53.6 Å². The van der Waals surface area contributed by atoms with Crippen LogP contribution in [0.4, 0.5) is 0 Å². The number of ether oxygens (including phenoxy) is 3. The van der Waals surface area contributed by atoms with Gasteiger partial charge < -0.3 is 14.2 Å². The van der Waals surface area contributed by atoms with E-state index in [0.717, 1.165) is 46.2 Å². The van der Waals surface area contributed by atoms with Crippen molar-refractivity contribution in [1.82, 2.24) is 0 Å². The Morgan fingerprint density at radius 1 is 0.707 bits per heavy atom. The number of fused-ring (bicyclic) bond motifs is 1. The van der Waals surface area contributed by atoms with Crippen LogP contribution in [-0.4, -0.2) is 17.9 Å². The first kappa shape index (κ1) is 29.3. The number of rotatable bonds is 8. The summed E-state index contributed by atoms with van der Waals surface area (Å²) in [5, 5.41) is 0. The zero-order valence-corrected chi connectivity index (χ0v) is 24.2. The molecule has 0 saturated heterocycles. The smallest absolute Gasteiger partial charge is 0.338 e. The molecular formula is C35H34O6. The number of carbonyl (C=O) groups is 3. The third-order valence-electron chi connectivity index (χ3n) is 7.00. The molecule has 0 saturated carbocycles. The van der Waals surface area contributed by atoms with Crippen LogP contribution in [0.3, 0.4) is 0 Å². The van der Waals surface area contributed by atoms with Crippen LogP contribution in [0.5, 0.6) is 11.5 Å². The van der Waals surface area contributed by atoms with Crippen LogP contribution < -0.4 is 9.47 Å². The Morgan fingerprint density at radius 3 is 1.98 bits per heavy atom. The van der Waals surface area contributed by atoms with E-state index in [-0.39, 0.29) is 34.7 Å². The molecule has 1 aliphatic rings. The van der Waals surface area contributed by atoms with Crippen molar-refractivity contribution in [3.8, 4) is 33.8 Å². The number of hydrogen-bond acceptors (Lipinski definition) is 6. The van der Waals surface area contributed by atoms with Gasteiger partial charge in [0.1, 0.15) is 17.6 Å². The maximum Gasteiger partial charge on any atom is 0.338 e. The van der Waals surface area contributed by atoms with Gasteiger partial charge in [-0.25, -0.2) is 14.4 Å². The van der Waals surface area contributed by atoms with Crippen molar-refractivity contribution < 1.29 is 28.6 Å². The molecule has 0 heterocycles. The van der Waals surface area contributed by atoms with Crippen LogP contribution in [-0.2, 0) is 25.5 Å². The van der Waals surface area contributed by atoms with Gasteiger partial charge in [-0.15, -0.1) is 0 Å². The van der Waals surface area contributed by atoms with Crippen molar-refractivity contribution in [2.24, 2.45) is 0 Å². The molecule has 0 fully saturated rings. The zero-order valence-electron chi connectivity index (χ0n) is 24.2. The van der Waals surface area contributed by atoms with E-state index in [2.05, 4.69) is 44.0 Å². The standard InChI is InChI=1S/C35H34O6/c1-19(2)33(36)39-26-12-13-27(32(18-26)41-35(38)21(5)6)29-16-22(7)28(15-23(29)8)25-10-9-24-11-14-31(30(24)17-25)40-34(37)20(3)4/h9-10,12-13,15-18,31H,1,3,5,11,14H2,2,4,6-8H3. The number of benzene rings is 3. The van der Waals surface area contributed by atoms with Crippen LogP contribution in [0.25, 0.3) is 22.3 Å². The van der Waals surface area contributed by atoms with Crippen molar-refractivity contribution in [1.29, 1.82) is 0 Å². The number of aryl methyl sites for hydroxylation is 3. The van der Waals surface area contributed by atoms with E-state index in [4.69, 9.17) is 14.2 Å². The highest BCUT2D eigenvalue weighted by Gasteiger charge is 2.27. The Hall–Kier alpha value is -4.71. The summed E-state index contributed by atoms with van der Waals surface area (Å²) in [4.78, 5) is 36.7. The molecule has 1 aliphatic carbocycles. The topological polar surface area (TPSA) is 78.9 Å². The van der Waals surface area contributed by atoms with Gasteiger partial charge in [-0.05, 0) is 105 Å². The van der Waals surface area contributed by atoms with Gasteiger partial charge in [0.15, 0.2) is 0 Å². The van der Waals surface area contributed by atoms with Gasteiger partial charge in [0.2, 0.25) is 0 Å². The molecule has 0 aliphatic heterocycles.